The number of nitrogens with one attached hydrogen (secondary N) is 2. The minimum absolute atomic E-state index is 0.0199. The van der Waals surface area contributed by atoms with Crippen molar-refractivity contribution < 1.29 is 14.7 Å². The van der Waals surface area contributed by atoms with Gasteiger partial charge in [-0.2, -0.15) is 0 Å². The number of carbonyl (C=O) groups is 2. The lowest BCUT2D eigenvalue weighted by Crippen LogP contribution is -2.34. The molecule has 1 amide bonds. The maximum absolute atomic E-state index is 12.0. The maximum Gasteiger partial charge on any atom is 0.335 e. The molecule has 1 fully saturated rings. The van der Waals surface area contributed by atoms with Crippen LogP contribution in [0.15, 0.2) is 18.2 Å². The average Bonchev–Trinajstić information content (AvgIpc) is 2.48. The third-order valence-corrected chi connectivity index (χ3v) is 3.88. The molecule has 1 heterocycles. The number of rotatable bonds is 5. The molecule has 0 radical (unpaired) electrons. The van der Waals surface area contributed by atoms with Crippen molar-refractivity contribution in [3.05, 3.63) is 29.3 Å². The minimum Gasteiger partial charge on any atom is -0.478 e. The summed E-state index contributed by atoms with van der Waals surface area (Å²) in [6, 6.07) is 5.17. The van der Waals surface area contributed by atoms with E-state index in [0.717, 1.165) is 24.9 Å². The Kier molecular flexibility index (Phi) is 5.33. The summed E-state index contributed by atoms with van der Waals surface area (Å²) in [5.74, 6) is -0.979. The van der Waals surface area contributed by atoms with Crippen molar-refractivity contribution in [1.82, 2.24) is 5.32 Å². The Morgan fingerprint density at radius 1 is 1.38 bits per heavy atom. The van der Waals surface area contributed by atoms with Gasteiger partial charge in [-0.1, -0.05) is 6.42 Å². The number of benzene rings is 1. The molecule has 21 heavy (non-hydrogen) atoms. The van der Waals surface area contributed by atoms with Gasteiger partial charge in [-0.3, -0.25) is 4.79 Å². The van der Waals surface area contributed by atoms with Crippen LogP contribution in [0.4, 0.5) is 5.69 Å². The van der Waals surface area contributed by atoms with Crippen LogP contribution in [-0.4, -0.2) is 29.6 Å². The molecule has 5 nitrogen and oxygen atoms in total. The molecule has 0 spiro atoms. The zero-order valence-corrected chi connectivity index (χ0v) is 12.3. The SMILES string of the molecule is Cc1cc(C(=O)O)ccc1NC(=O)CCC1CCCCN1. The molecule has 1 aliphatic heterocycles. The fourth-order valence-corrected chi connectivity index (χ4v) is 2.63. The third-order valence-electron chi connectivity index (χ3n) is 3.88. The van der Waals surface area contributed by atoms with Crippen LogP contribution < -0.4 is 10.6 Å². The lowest BCUT2D eigenvalue weighted by Gasteiger charge is -2.23. The van der Waals surface area contributed by atoms with Crippen LogP contribution in [0.25, 0.3) is 0 Å². The highest BCUT2D eigenvalue weighted by molar-refractivity contribution is 5.93. The van der Waals surface area contributed by atoms with E-state index in [4.69, 9.17) is 5.11 Å². The monoisotopic (exact) mass is 290 g/mol. The molecule has 5 heteroatoms. The molecule has 0 aliphatic carbocycles. The van der Waals surface area contributed by atoms with Gasteiger partial charge in [0.2, 0.25) is 5.91 Å². The van der Waals surface area contributed by atoms with Crippen LogP contribution in [0.2, 0.25) is 0 Å². The molecule has 1 atom stereocenters. The Morgan fingerprint density at radius 3 is 2.81 bits per heavy atom. The molecule has 1 aliphatic rings. The van der Waals surface area contributed by atoms with E-state index in [9.17, 15) is 9.59 Å². The van der Waals surface area contributed by atoms with E-state index in [2.05, 4.69) is 10.6 Å². The van der Waals surface area contributed by atoms with E-state index in [-0.39, 0.29) is 11.5 Å². The van der Waals surface area contributed by atoms with Crippen LogP contribution in [0.1, 0.15) is 48.0 Å². The van der Waals surface area contributed by atoms with E-state index < -0.39 is 5.97 Å². The standard InChI is InChI=1S/C16H22N2O3/c1-11-10-12(16(20)21)5-7-14(11)18-15(19)8-6-13-4-2-3-9-17-13/h5,7,10,13,17H,2-4,6,8-9H2,1H3,(H,18,19)(H,20,21). The molecule has 1 saturated heterocycles. The zero-order valence-electron chi connectivity index (χ0n) is 12.3. The number of anilines is 1. The van der Waals surface area contributed by atoms with Crippen LogP contribution in [-0.2, 0) is 4.79 Å². The fraction of sp³-hybridized carbons (Fsp3) is 0.500. The quantitative estimate of drug-likeness (QED) is 0.778. The summed E-state index contributed by atoms with van der Waals surface area (Å²) in [4.78, 5) is 22.8. The Balaban J connectivity index is 1.85. The summed E-state index contributed by atoms with van der Waals surface area (Å²) in [6.07, 6.45) is 4.92. The predicted octanol–water partition coefficient (Wildman–Crippen LogP) is 2.55. The Hall–Kier alpha value is -1.88. The zero-order chi connectivity index (χ0) is 15.2. The highest BCUT2D eigenvalue weighted by atomic mass is 16.4. The molecule has 114 valence electrons. The molecule has 0 saturated carbocycles. The molecule has 1 aromatic rings. The average molecular weight is 290 g/mol. The molecular formula is C16H22N2O3. The lowest BCUT2D eigenvalue weighted by atomic mass is 10.0. The van der Waals surface area contributed by atoms with Crippen LogP contribution in [0, 0.1) is 6.92 Å². The van der Waals surface area contributed by atoms with Gasteiger partial charge in [-0.15, -0.1) is 0 Å². The second-order valence-corrected chi connectivity index (χ2v) is 5.57. The first kappa shape index (κ1) is 15.5. The first-order chi connectivity index (χ1) is 10.1. The Labute approximate surface area is 124 Å². The Bertz CT molecular complexity index is 522. The van der Waals surface area contributed by atoms with E-state index >= 15 is 0 Å². The molecule has 0 aromatic heterocycles. The normalized spacial score (nSPS) is 18.2. The van der Waals surface area contributed by atoms with Crippen molar-refractivity contribution in [3.8, 4) is 0 Å². The third kappa shape index (κ3) is 4.56. The van der Waals surface area contributed by atoms with Gasteiger partial charge in [-0.05, 0) is 56.5 Å². The number of aromatic carboxylic acids is 1. The van der Waals surface area contributed by atoms with Gasteiger partial charge in [0.05, 0.1) is 5.56 Å². The Morgan fingerprint density at radius 2 is 2.19 bits per heavy atom. The number of hydrogen-bond donors (Lipinski definition) is 3. The van der Waals surface area contributed by atoms with Crippen LogP contribution >= 0.6 is 0 Å². The van der Waals surface area contributed by atoms with E-state index in [1.807, 2.05) is 0 Å². The number of piperidine rings is 1. The number of carboxylic acids is 1. The van der Waals surface area contributed by atoms with Crippen LogP contribution in [0.5, 0.6) is 0 Å². The van der Waals surface area contributed by atoms with Crippen molar-refractivity contribution >= 4 is 17.6 Å². The second-order valence-electron chi connectivity index (χ2n) is 5.57. The molecular weight excluding hydrogens is 268 g/mol. The first-order valence-corrected chi connectivity index (χ1v) is 7.43. The number of carbonyl (C=O) groups excluding carboxylic acids is 1. The summed E-state index contributed by atoms with van der Waals surface area (Å²) >= 11 is 0. The largest absolute Gasteiger partial charge is 0.478 e. The lowest BCUT2D eigenvalue weighted by molar-refractivity contribution is -0.116. The van der Waals surface area contributed by atoms with Gasteiger partial charge in [0.15, 0.2) is 0 Å². The van der Waals surface area contributed by atoms with Gasteiger partial charge in [0.1, 0.15) is 0 Å². The molecule has 0 bridgehead atoms. The highest BCUT2D eigenvalue weighted by Crippen LogP contribution is 2.18. The van der Waals surface area contributed by atoms with E-state index in [1.54, 1.807) is 19.1 Å². The molecule has 3 N–H and O–H groups in total. The second kappa shape index (κ2) is 7.22. The first-order valence-electron chi connectivity index (χ1n) is 7.43. The number of aryl methyl sites for hydroxylation is 1. The smallest absolute Gasteiger partial charge is 0.335 e. The summed E-state index contributed by atoms with van der Waals surface area (Å²) in [5.41, 5.74) is 1.68. The molecule has 1 unspecified atom stereocenters. The molecule has 1 aromatic carbocycles. The van der Waals surface area contributed by atoms with E-state index in [0.29, 0.717) is 18.2 Å². The fourth-order valence-electron chi connectivity index (χ4n) is 2.63. The van der Waals surface area contributed by atoms with Gasteiger partial charge < -0.3 is 15.7 Å². The van der Waals surface area contributed by atoms with Gasteiger partial charge >= 0.3 is 5.97 Å². The van der Waals surface area contributed by atoms with Crippen molar-refractivity contribution in [2.45, 2.75) is 45.1 Å². The summed E-state index contributed by atoms with van der Waals surface area (Å²) in [5, 5.41) is 15.2. The van der Waals surface area contributed by atoms with Crippen molar-refractivity contribution in [2.24, 2.45) is 0 Å². The van der Waals surface area contributed by atoms with Gasteiger partial charge in [0, 0.05) is 18.2 Å². The summed E-state index contributed by atoms with van der Waals surface area (Å²) in [7, 11) is 0. The maximum atomic E-state index is 12.0. The number of hydrogen-bond acceptors (Lipinski definition) is 3. The minimum atomic E-state index is -0.959. The summed E-state index contributed by atoms with van der Waals surface area (Å²) in [6.45, 7) is 2.84. The molecule has 2 rings (SSSR count). The van der Waals surface area contributed by atoms with E-state index in [1.165, 1.54) is 18.9 Å². The van der Waals surface area contributed by atoms with Crippen molar-refractivity contribution in [1.29, 1.82) is 0 Å². The summed E-state index contributed by atoms with van der Waals surface area (Å²) < 4.78 is 0. The van der Waals surface area contributed by atoms with Crippen molar-refractivity contribution in [3.63, 3.8) is 0 Å². The highest BCUT2D eigenvalue weighted by Gasteiger charge is 2.14. The predicted molar refractivity (Wildman–Crippen MR) is 81.6 cm³/mol. The van der Waals surface area contributed by atoms with Gasteiger partial charge in [0.25, 0.3) is 0 Å². The van der Waals surface area contributed by atoms with Gasteiger partial charge in [-0.25, -0.2) is 4.79 Å². The van der Waals surface area contributed by atoms with Crippen LogP contribution in [0.3, 0.4) is 0 Å². The number of carboxylic acid groups (broad SMARTS) is 1. The number of amides is 1. The van der Waals surface area contributed by atoms with Crippen molar-refractivity contribution in [2.75, 3.05) is 11.9 Å². The topological polar surface area (TPSA) is 78.4 Å².